The Morgan fingerprint density at radius 2 is 2.08 bits per heavy atom. The van der Waals surface area contributed by atoms with Crippen LogP contribution in [0.4, 0.5) is 5.69 Å². The molecule has 2 heterocycles. The predicted molar refractivity (Wildman–Crippen MR) is 102 cm³/mol. The van der Waals surface area contributed by atoms with Gasteiger partial charge in [0.2, 0.25) is 0 Å². The molecule has 132 valence electrons. The molecule has 1 N–H and O–H groups in total. The third-order valence-corrected chi connectivity index (χ3v) is 5.68. The number of amides is 1. The number of benzene rings is 2. The van der Waals surface area contributed by atoms with Gasteiger partial charge in [0, 0.05) is 4.47 Å². The van der Waals surface area contributed by atoms with Gasteiger partial charge in [0.1, 0.15) is 10.8 Å². The molecular weight excluding hydrogens is 420 g/mol. The SMILES string of the molecule is O=C(O)CC1Oc2ccccc2N(Cc2nc3c(Br)cccc3s2)C1=O. The summed E-state index contributed by atoms with van der Waals surface area (Å²) in [6, 6.07) is 13.0. The van der Waals surface area contributed by atoms with Crippen molar-refractivity contribution in [3.63, 3.8) is 0 Å². The molecule has 0 fully saturated rings. The lowest BCUT2D eigenvalue weighted by Crippen LogP contribution is -2.46. The molecule has 8 heteroatoms. The lowest BCUT2D eigenvalue weighted by molar-refractivity contribution is -0.142. The average Bonchev–Trinajstić information content (AvgIpc) is 3.02. The Labute approximate surface area is 161 Å². The van der Waals surface area contributed by atoms with Crippen LogP contribution in [0.25, 0.3) is 10.2 Å². The van der Waals surface area contributed by atoms with Gasteiger partial charge in [-0.2, -0.15) is 0 Å². The zero-order chi connectivity index (χ0) is 18.3. The van der Waals surface area contributed by atoms with Gasteiger partial charge in [0.15, 0.2) is 6.10 Å². The van der Waals surface area contributed by atoms with E-state index >= 15 is 0 Å². The molecule has 1 atom stereocenters. The molecule has 26 heavy (non-hydrogen) atoms. The Bertz CT molecular complexity index is 1020. The van der Waals surface area contributed by atoms with Crippen LogP contribution in [0, 0.1) is 0 Å². The summed E-state index contributed by atoms with van der Waals surface area (Å²) < 4.78 is 7.52. The van der Waals surface area contributed by atoms with Gasteiger partial charge in [-0.05, 0) is 40.2 Å². The van der Waals surface area contributed by atoms with Crippen LogP contribution in [0.3, 0.4) is 0 Å². The van der Waals surface area contributed by atoms with Crippen LogP contribution in [0.5, 0.6) is 5.75 Å². The van der Waals surface area contributed by atoms with Crippen LogP contribution in [-0.2, 0) is 16.1 Å². The summed E-state index contributed by atoms with van der Waals surface area (Å²) in [7, 11) is 0. The first-order valence-electron chi connectivity index (χ1n) is 7.85. The van der Waals surface area contributed by atoms with E-state index in [9.17, 15) is 9.59 Å². The number of aliphatic carboxylic acids is 1. The molecule has 0 bridgehead atoms. The van der Waals surface area contributed by atoms with E-state index in [1.807, 2.05) is 24.3 Å². The quantitative estimate of drug-likeness (QED) is 0.677. The van der Waals surface area contributed by atoms with Crippen molar-refractivity contribution in [1.82, 2.24) is 4.98 Å². The van der Waals surface area contributed by atoms with Gasteiger partial charge in [0.25, 0.3) is 5.91 Å². The smallest absolute Gasteiger partial charge is 0.307 e. The van der Waals surface area contributed by atoms with E-state index in [2.05, 4.69) is 20.9 Å². The van der Waals surface area contributed by atoms with Crippen molar-refractivity contribution < 1.29 is 19.4 Å². The van der Waals surface area contributed by atoms with Gasteiger partial charge >= 0.3 is 5.97 Å². The van der Waals surface area contributed by atoms with Crippen molar-refractivity contribution in [1.29, 1.82) is 0 Å². The highest BCUT2D eigenvalue weighted by molar-refractivity contribution is 9.10. The van der Waals surface area contributed by atoms with Crippen LogP contribution in [-0.4, -0.2) is 28.1 Å². The molecule has 6 nitrogen and oxygen atoms in total. The lowest BCUT2D eigenvalue weighted by atomic mass is 10.1. The molecule has 4 rings (SSSR count). The Hall–Kier alpha value is -2.45. The van der Waals surface area contributed by atoms with Crippen molar-refractivity contribution in [3.05, 3.63) is 51.9 Å². The summed E-state index contributed by atoms with van der Waals surface area (Å²) in [6.07, 6.45) is -1.42. The maximum atomic E-state index is 12.8. The summed E-state index contributed by atoms with van der Waals surface area (Å²) in [4.78, 5) is 30.1. The number of carbonyl (C=O) groups excluding carboxylic acids is 1. The zero-order valence-electron chi connectivity index (χ0n) is 13.4. The second-order valence-corrected chi connectivity index (χ2v) is 7.76. The highest BCUT2D eigenvalue weighted by Crippen LogP contribution is 2.37. The Kier molecular flexibility index (Phi) is 4.37. The van der Waals surface area contributed by atoms with Gasteiger partial charge < -0.3 is 9.84 Å². The van der Waals surface area contributed by atoms with Gasteiger partial charge in [-0.25, -0.2) is 4.98 Å². The lowest BCUT2D eigenvalue weighted by Gasteiger charge is -2.33. The Morgan fingerprint density at radius 1 is 1.27 bits per heavy atom. The van der Waals surface area contributed by atoms with Gasteiger partial charge in [-0.15, -0.1) is 11.3 Å². The second kappa shape index (κ2) is 6.69. The number of para-hydroxylation sites is 3. The van der Waals surface area contributed by atoms with Crippen LogP contribution < -0.4 is 9.64 Å². The fourth-order valence-electron chi connectivity index (χ4n) is 2.89. The van der Waals surface area contributed by atoms with E-state index in [-0.39, 0.29) is 18.9 Å². The van der Waals surface area contributed by atoms with Crippen molar-refractivity contribution in [2.45, 2.75) is 19.1 Å². The van der Waals surface area contributed by atoms with E-state index < -0.39 is 12.1 Å². The number of hydrogen-bond acceptors (Lipinski definition) is 5. The molecule has 3 aromatic rings. The number of thiazole rings is 1. The third-order valence-electron chi connectivity index (χ3n) is 4.03. The normalized spacial score (nSPS) is 16.4. The molecule has 0 saturated carbocycles. The van der Waals surface area contributed by atoms with E-state index in [1.54, 1.807) is 23.1 Å². The zero-order valence-corrected chi connectivity index (χ0v) is 15.8. The number of nitrogens with zero attached hydrogens (tertiary/aromatic N) is 2. The molecule has 0 spiro atoms. The van der Waals surface area contributed by atoms with E-state index in [0.717, 1.165) is 19.7 Å². The number of halogens is 1. The number of carboxylic acids is 1. The van der Waals surface area contributed by atoms with Gasteiger partial charge in [0.05, 0.1) is 28.9 Å². The summed E-state index contributed by atoms with van der Waals surface area (Å²) in [6.45, 7) is 0.265. The average molecular weight is 433 g/mol. The first kappa shape index (κ1) is 17.0. The molecule has 1 aliphatic rings. The maximum absolute atomic E-state index is 12.8. The summed E-state index contributed by atoms with van der Waals surface area (Å²) in [5.74, 6) is -0.948. The highest BCUT2D eigenvalue weighted by Gasteiger charge is 2.36. The maximum Gasteiger partial charge on any atom is 0.307 e. The first-order chi connectivity index (χ1) is 12.5. The Balaban J connectivity index is 1.71. The van der Waals surface area contributed by atoms with E-state index in [0.29, 0.717) is 11.4 Å². The first-order valence-corrected chi connectivity index (χ1v) is 9.46. The van der Waals surface area contributed by atoms with Crippen molar-refractivity contribution in [3.8, 4) is 5.75 Å². The molecule has 1 unspecified atom stereocenters. The molecule has 0 saturated heterocycles. The molecule has 1 amide bonds. The number of anilines is 1. The number of hydrogen-bond donors (Lipinski definition) is 1. The minimum Gasteiger partial charge on any atom is -0.481 e. The molecule has 1 aliphatic heterocycles. The number of rotatable bonds is 4. The fourth-order valence-corrected chi connectivity index (χ4v) is 4.46. The minimum absolute atomic E-state index is 0.265. The molecule has 1 aromatic heterocycles. The fraction of sp³-hybridized carbons (Fsp3) is 0.167. The number of ether oxygens (including phenoxy) is 1. The van der Waals surface area contributed by atoms with E-state index in [4.69, 9.17) is 9.84 Å². The summed E-state index contributed by atoms with van der Waals surface area (Å²) >= 11 is 4.99. The Morgan fingerprint density at radius 3 is 2.85 bits per heavy atom. The predicted octanol–water partition coefficient (Wildman–Crippen LogP) is 3.83. The molecular formula is C18H13BrN2O4S. The number of fused-ring (bicyclic) bond motifs is 2. The largest absolute Gasteiger partial charge is 0.481 e. The minimum atomic E-state index is -1.08. The number of carbonyl (C=O) groups is 2. The third kappa shape index (κ3) is 3.06. The van der Waals surface area contributed by atoms with Crippen LogP contribution in [0.15, 0.2) is 46.9 Å². The summed E-state index contributed by atoms with van der Waals surface area (Å²) in [5, 5.41) is 9.84. The van der Waals surface area contributed by atoms with Crippen LogP contribution in [0.2, 0.25) is 0 Å². The number of aromatic nitrogens is 1. The van der Waals surface area contributed by atoms with Gasteiger partial charge in [-0.3, -0.25) is 14.5 Å². The van der Waals surface area contributed by atoms with Gasteiger partial charge in [-0.1, -0.05) is 18.2 Å². The van der Waals surface area contributed by atoms with Crippen LogP contribution >= 0.6 is 27.3 Å². The topological polar surface area (TPSA) is 79.7 Å². The molecule has 0 radical (unpaired) electrons. The van der Waals surface area contributed by atoms with Crippen molar-refractivity contribution >= 4 is 55.0 Å². The second-order valence-electron chi connectivity index (χ2n) is 5.79. The van der Waals surface area contributed by atoms with E-state index in [1.165, 1.54) is 11.3 Å². The highest BCUT2D eigenvalue weighted by atomic mass is 79.9. The molecule has 2 aromatic carbocycles. The summed E-state index contributed by atoms with van der Waals surface area (Å²) in [5.41, 5.74) is 1.47. The van der Waals surface area contributed by atoms with Crippen molar-refractivity contribution in [2.24, 2.45) is 0 Å². The van der Waals surface area contributed by atoms with Crippen molar-refractivity contribution in [2.75, 3.05) is 4.90 Å². The monoisotopic (exact) mass is 432 g/mol. The number of carboxylic acid groups (broad SMARTS) is 1. The standard InChI is InChI=1S/C18H13BrN2O4S/c19-10-4-3-7-14-17(10)20-15(26-14)9-21-11-5-1-2-6-12(11)25-13(18(21)24)8-16(22)23/h1-7,13H,8-9H2,(H,22,23). The van der Waals surface area contributed by atoms with Crippen LogP contribution in [0.1, 0.15) is 11.4 Å². The molecule has 0 aliphatic carbocycles.